The van der Waals surface area contributed by atoms with Gasteiger partial charge in [0.1, 0.15) is 5.82 Å². The van der Waals surface area contributed by atoms with E-state index in [0.717, 1.165) is 6.54 Å². The zero-order valence-electron chi connectivity index (χ0n) is 10.1. The standard InChI is InChI=1S/C12H14FN5/c1-12(4-5-12)7-18-11(15-16-17-18)9-3-2-8(13)6-10(9)14/h2-3,6H,4-5,7,14H2,1H3. The van der Waals surface area contributed by atoms with Crippen molar-refractivity contribution in [2.24, 2.45) is 5.41 Å². The van der Waals surface area contributed by atoms with Crippen LogP contribution in [-0.4, -0.2) is 20.2 Å². The normalized spacial score (nSPS) is 16.8. The van der Waals surface area contributed by atoms with Crippen LogP contribution >= 0.6 is 0 Å². The van der Waals surface area contributed by atoms with E-state index in [-0.39, 0.29) is 5.82 Å². The first-order valence-corrected chi connectivity index (χ1v) is 5.89. The van der Waals surface area contributed by atoms with E-state index < -0.39 is 0 Å². The van der Waals surface area contributed by atoms with E-state index in [4.69, 9.17) is 5.73 Å². The molecule has 3 rings (SSSR count). The fourth-order valence-corrected chi connectivity index (χ4v) is 1.97. The third-order valence-electron chi connectivity index (χ3n) is 3.42. The van der Waals surface area contributed by atoms with Crippen LogP contribution in [0.3, 0.4) is 0 Å². The van der Waals surface area contributed by atoms with Gasteiger partial charge in [0.25, 0.3) is 0 Å². The molecule has 0 spiro atoms. The Morgan fingerprint density at radius 3 is 2.89 bits per heavy atom. The van der Waals surface area contributed by atoms with E-state index in [1.165, 1.54) is 25.0 Å². The minimum atomic E-state index is -0.357. The molecule has 94 valence electrons. The van der Waals surface area contributed by atoms with Crippen LogP contribution in [0.1, 0.15) is 19.8 Å². The molecular formula is C12H14FN5. The van der Waals surface area contributed by atoms with E-state index in [1.54, 1.807) is 10.7 Å². The first-order chi connectivity index (χ1) is 8.57. The Labute approximate surface area is 104 Å². The second kappa shape index (κ2) is 3.76. The van der Waals surface area contributed by atoms with Crippen molar-refractivity contribution < 1.29 is 4.39 Å². The van der Waals surface area contributed by atoms with Gasteiger partial charge < -0.3 is 5.73 Å². The molecule has 1 saturated carbocycles. The van der Waals surface area contributed by atoms with Crippen molar-refractivity contribution in [2.45, 2.75) is 26.3 Å². The van der Waals surface area contributed by atoms with Gasteiger partial charge in [-0.2, -0.15) is 0 Å². The molecule has 2 aromatic rings. The molecular weight excluding hydrogens is 233 g/mol. The van der Waals surface area contributed by atoms with Crippen LogP contribution in [0.5, 0.6) is 0 Å². The molecule has 0 unspecified atom stereocenters. The molecule has 1 aromatic carbocycles. The Bertz CT molecular complexity index is 588. The monoisotopic (exact) mass is 247 g/mol. The smallest absolute Gasteiger partial charge is 0.184 e. The van der Waals surface area contributed by atoms with Crippen LogP contribution in [0.4, 0.5) is 10.1 Å². The largest absolute Gasteiger partial charge is 0.398 e. The van der Waals surface area contributed by atoms with E-state index >= 15 is 0 Å². The Morgan fingerprint density at radius 2 is 2.22 bits per heavy atom. The summed E-state index contributed by atoms with van der Waals surface area (Å²) in [5.74, 6) is 0.241. The lowest BCUT2D eigenvalue weighted by molar-refractivity contribution is 0.427. The predicted octanol–water partition coefficient (Wildman–Crippen LogP) is 1.86. The van der Waals surface area contributed by atoms with E-state index in [9.17, 15) is 4.39 Å². The molecule has 1 aromatic heterocycles. The van der Waals surface area contributed by atoms with E-state index in [0.29, 0.717) is 22.5 Å². The van der Waals surface area contributed by atoms with Crippen molar-refractivity contribution in [1.29, 1.82) is 0 Å². The summed E-state index contributed by atoms with van der Waals surface area (Å²) in [4.78, 5) is 0. The first kappa shape index (κ1) is 11.1. The van der Waals surface area contributed by atoms with Crippen molar-refractivity contribution >= 4 is 5.69 Å². The van der Waals surface area contributed by atoms with Crippen molar-refractivity contribution in [3.63, 3.8) is 0 Å². The summed E-state index contributed by atoms with van der Waals surface area (Å²) in [6.07, 6.45) is 2.37. The highest BCUT2D eigenvalue weighted by molar-refractivity contribution is 5.71. The van der Waals surface area contributed by atoms with E-state index in [2.05, 4.69) is 22.4 Å². The Morgan fingerprint density at radius 1 is 1.44 bits per heavy atom. The molecule has 1 aliphatic carbocycles. The van der Waals surface area contributed by atoms with Crippen LogP contribution in [0, 0.1) is 11.2 Å². The van der Waals surface area contributed by atoms with Gasteiger partial charge in [0.15, 0.2) is 5.82 Å². The SMILES string of the molecule is CC1(Cn2nnnc2-c2ccc(F)cc2N)CC1. The summed E-state index contributed by atoms with van der Waals surface area (Å²) >= 11 is 0. The van der Waals surface area contributed by atoms with Crippen molar-refractivity contribution in [2.75, 3.05) is 5.73 Å². The number of rotatable bonds is 3. The Balaban J connectivity index is 1.98. The summed E-state index contributed by atoms with van der Waals surface area (Å²) in [6.45, 7) is 2.97. The van der Waals surface area contributed by atoms with Crippen LogP contribution in [-0.2, 0) is 6.54 Å². The number of nitrogens with two attached hydrogens (primary N) is 1. The molecule has 1 fully saturated rings. The predicted molar refractivity (Wildman–Crippen MR) is 65.0 cm³/mol. The van der Waals surface area contributed by atoms with Crippen molar-refractivity contribution in [1.82, 2.24) is 20.2 Å². The average Bonchev–Trinajstić information content (AvgIpc) is 2.86. The summed E-state index contributed by atoms with van der Waals surface area (Å²) in [5.41, 5.74) is 7.13. The van der Waals surface area contributed by atoms with Gasteiger partial charge in [0.2, 0.25) is 0 Å². The van der Waals surface area contributed by atoms with Gasteiger partial charge in [-0.15, -0.1) is 5.10 Å². The van der Waals surface area contributed by atoms with Crippen molar-refractivity contribution in [3.8, 4) is 11.4 Å². The minimum absolute atomic E-state index is 0.291. The molecule has 6 heteroatoms. The highest BCUT2D eigenvalue weighted by Crippen LogP contribution is 2.46. The van der Waals surface area contributed by atoms with Gasteiger partial charge in [-0.3, -0.25) is 0 Å². The summed E-state index contributed by atoms with van der Waals surface area (Å²) in [6, 6.07) is 4.26. The molecule has 2 N–H and O–H groups in total. The highest BCUT2D eigenvalue weighted by atomic mass is 19.1. The highest BCUT2D eigenvalue weighted by Gasteiger charge is 2.38. The van der Waals surface area contributed by atoms with Gasteiger partial charge >= 0.3 is 0 Å². The maximum Gasteiger partial charge on any atom is 0.184 e. The molecule has 0 saturated heterocycles. The second-order valence-corrected chi connectivity index (χ2v) is 5.20. The summed E-state index contributed by atoms with van der Waals surface area (Å²) in [7, 11) is 0. The average molecular weight is 247 g/mol. The molecule has 0 bridgehead atoms. The van der Waals surface area contributed by atoms with Crippen molar-refractivity contribution in [3.05, 3.63) is 24.0 Å². The molecule has 0 aliphatic heterocycles. The number of anilines is 1. The third-order valence-corrected chi connectivity index (χ3v) is 3.42. The number of benzene rings is 1. The van der Waals surface area contributed by atoms with Gasteiger partial charge in [0, 0.05) is 11.3 Å². The Hall–Kier alpha value is -1.98. The topological polar surface area (TPSA) is 69.6 Å². The molecule has 0 amide bonds. The van der Waals surface area contributed by atoms with E-state index in [1.807, 2.05) is 0 Å². The Kier molecular flexibility index (Phi) is 2.33. The number of hydrogen-bond acceptors (Lipinski definition) is 4. The quantitative estimate of drug-likeness (QED) is 0.840. The lowest BCUT2D eigenvalue weighted by Crippen LogP contribution is -2.11. The van der Waals surface area contributed by atoms with Gasteiger partial charge in [-0.1, -0.05) is 6.92 Å². The molecule has 5 nitrogen and oxygen atoms in total. The zero-order chi connectivity index (χ0) is 12.8. The lowest BCUT2D eigenvalue weighted by Gasteiger charge is -2.10. The number of nitrogen functional groups attached to an aromatic ring is 1. The molecule has 0 atom stereocenters. The first-order valence-electron chi connectivity index (χ1n) is 5.89. The molecule has 18 heavy (non-hydrogen) atoms. The molecule has 1 aliphatic rings. The molecule has 1 heterocycles. The number of nitrogens with zero attached hydrogens (tertiary/aromatic N) is 4. The van der Waals surface area contributed by atoms with Gasteiger partial charge in [-0.25, -0.2) is 9.07 Å². The lowest BCUT2D eigenvalue weighted by atomic mass is 10.1. The number of halogens is 1. The van der Waals surface area contributed by atoms with Crippen LogP contribution in [0.15, 0.2) is 18.2 Å². The summed E-state index contributed by atoms with van der Waals surface area (Å²) in [5, 5.41) is 11.7. The molecule has 0 radical (unpaired) electrons. The second-order valence-electron chi connectivity index (χ2n) is 5.20. The van der Waals surface area contributed by atoms with Crippen LogP contribution in [0.2, 0.25) is 0 Å². The fraction of sp³-hybridized carbons (Fsp3) is 0.417. The maximum absolute atomic E-state index is 13.0. The maximum atomic E-state index is 13.0. The number of aromatic nitrogens is 4. The fourth-order valence-electron chi connectivity index (χ4n) is 1.97. The minimum Gasteiger partial charge on any atom is -0.398 e. The number of tetrazole rings is 1. The third kappa shape index (κ3) is 1.94. The zero-order valence-corrected chi connectivity index (χ0v) is 10.1. The van der Waals surface area contributed by atoms with Gasteiger partial charge in [0.05, 0.1) is 6.54 Å². The van der Waals surface area contributed by atoms with Crippen LogP contribution < -0.4 is 5.73 Å². The number of hydrogen-bond donors (Lipinski definition) is 1. The summed E-state index contributed by atoms with van der Waals surface area (Å²) < 4.78 is 14.8. The van der Waals surface area contributed by atoms with Gasteiger partial charge in [-0.05, 0) is 46.9 Å². The van der Waals surface area contributed by atoms with Crippen LogP contribution in [0.25, 0.3) is 11.4 Å².